The number of hydrogen-bond acceptors (Lipinski definition) is 3. The molecule has 1 unspecified atom stereocenters. The average Bonchev–Trinajstić information content (AvgIpc) is 2.84. The van der Waals surface area contributed by atoms with Crippen LogP contribution in [0, 0.1) is 5.92 Å². The molecule has 37 heavy (non-hydrogen) atoms. The number of hydrogen-bond donors (Lipinski definition) is 2. The van der Waals surface area contributed by atoms with Crippen LogP contribution < -0.4 is 10.1 Å². The molecule has 2 atom stereocenters. The van der Waals surface area contributed by atoms with Gasteiger partial charge in [0, 0.05) is 10.4 Å². The number of amides is 1. The lowest BCUT2D eigenvalue weighted by molar-refractivity contribution is -0.139. The maximum atomic E-state index is 13.2. The minimum Gasteiger partial charge on any atom is -0.487 e. The molecule has 196 valence electrons. The molecule has 0 saturated carbocycles. The summed E-state index contributed by atoms with van der Waals surface area (Å²) in [6, 6.07) is 11.6. The zero-order valence-electron chi connectivity index (χ0n) is 20.1. The summed E-state index contributed by atoms with van der Waals surface area (Å²) in [4.78, 5) is 25.0. The molecule has 0 aliphatic carbocycles. The van der Waals surface area contributed by atoms with E-state index in [0.717, 1.165) is 23.9 Å². The zero-order chi connectivity index (χ0) is 27.2. The molecule has 1 amide bonds. The summed E-state index contributed by atoms with van der Waals surface area (Å²) >= 11 is 6.17. The first-order chi connectivity index (χ1) is 17.5. The third kappa shape index (κ3) is 7.49. The molecule has 3 aromatic rings. The highest BCUT2D eigenvalue weighted by Gasteiger charge is 2.30. The van der Waals surface area contributed by atoms with E-state index in [1.54, 1.807) is 30.3 Å². The van der Waals surface area contributed by atoms with Crippen molar-refractivity contribution in [2.75, 3.05) is 0 Å². The molecule has 0 aliphatic heterocycles. The number of alkyl halides is 3. The summed E-state index contributed by atoms with van der Waals surface area (Å²) in [5.41, 5.74) is -0.236. The van der Waals surface area contributed by atoms with Crippen LogP contribution in [0.25, 0.3) is 10.8 Å². The second-order valence-corrected chi connectivity index (χ2v) is 9.30. The van der Waals surface area contributed by atoms with Crippen molar-refractivity contribution < 1.29 is 32.6 Å². The van der Waals surface area contributed by atoms with Gasteiger partial charge in [-0.05, 0) is 66.5 Å². The lowest BCUT2D eigenvalue weighted by Gasteiger charge is -2.19. The van der Waals surface area contributed by atoms with E-state index in [1.165, 1.54) is 18.2 Å². The van der Waals surface area contributed by atoms with E-state index < -0.39 is 29.7 Å². The number of carbonyl (C=O) groups excluding carboxylic acids is 1. The lowest BCUT2D eigenvalue weighted by atomic mass is 9.98. The Balaban J connectivity index is 1.88. The van der Waals surface area contributed by atoms with Gasteiger partial charge in [0.2, 0.25) is 0 Å². The van der Waals surface area contributed by atoms with Crippen LogP contribution in [0.1, 0.15) is 47.7 Å². The second kappa shape index (κ2) is 12.1. The maximum absolute atomic E-state index is 13.2. The molecule has 0 radical (unpaired) electrons. The van der Waals surface area contributed by atoms with E-state index in [0.29, 0.717) is 22.4 Å². The van der Waals surface area contributed by atoms with Crippen molar-refractivity contribution in [3.05, 3.63) is 89.0 Å². The van der Waals surface area contributed by atoms with Gasteiger partial charge < -0.3 is 15.2 Å². The Hall–Kier alpha value is -3.52. The van der Waals surface area contributed by atoms with Gasteiger partial charge in [0.25, 0.3) is 5.91 Å². The Morgan fingerprint density at radius 3 is 2.41 bits per heavy atom. The van der Waals surface area contributed by atoms with Gasteiger partial charge in [-0.25, -0.2) is 4.79 Å². The first-order valence-corrected chi connectivity index (χ1v) is 12.0. The number of carbonyl (C=O) groups is 2. The average molecular weight is 534 g/mol. The van der Waals surface area contributed by atoms with Crippen molar-refractivity contribution >= 4 is 34.2 Å². The summed E-state index contributed by atoms with van der Waals surface area (Å²) in [6.45, 7) is 5.54. The molecule has 0 spiro atoms. The minimum absolute atomic E-state index is 0.0899. The lowest BCUT2D eigenvalue weighted by Crippen LogP contribution is -2.41. The van der Waals surface area contributed by atoms with Crippen LogP contribution in [0.3, 0.4) is 0 Å². The van der Waals surface area contributed by atoms with E-state index in [4.69, 9.17) is 16.3 Å². The number of fused-ring (bicyclic) bond motifs is 1. The Morgan fingerprint density at radius 2 is 1.78 bits per heavy atom. The minimum atomic E-state index is -4.46. The molecule has 0 bridgehead atoms. The summed E-state index contributed by atoms with van der Waals surface area (Å²) in [6.07, 6.45) is -1.15. The van der Waals surface area contributed by atoms with Gasteiger partial charge in [-0.3, -0.25) is 4.79 Å². The van der Waals surface area contributed by atoms with Gasteiger partial charge in [-0.15, -0.1) is 6.58 Å². The second-order valence-electron chi connectivity index (χ2n) is 8.86. The summed E-state index contributed by atoms with van der Waals surface area (Å²) in [5, 5.41) is 13.9. The summed E-state index contributed by atoms with van der Waals surface area (Å²) < 4.78 is 44.6. The normalized spacial score (nSPS) is 13.1. The van der Waals surface area contributed by atoms with E-state index in [-0.39, 0.29) is 30.3 Å². The van der Waals surface area contributed by atoms with Crippen molar-refractivity contribution in [1.82, 2.24) is 5.32 Å². The van der Waals surface area contributed by atoms with Gasteiger partial charge in [-0.2, -0.15) is 13.2 Å². The number of rotatable bonds is 11. The maximum Gasteiger partial charge on any atom is 0.416 e. The summed E-state index contributed by atoms with van der Waals surface area (Å²) in [7, 11) is 0. The fourth-order valence-corrected chi connectivity index (χ4v) is 4.06. The van der Waals surface area contributed by atoms with Crippen LogP contribution >= 0.6 is 11.6 Å². The molecule has 5 nitrogen and oxygen atoms in total. The highest BCUT2D eigenvalue weighted by atomic mass is 35.5. The van der Waals surface area contributed by atoms with Crippen LogP contribution in [0.15, 0.2) is 67.3 Å². The van der Waals surface area contributed by atoms with E-state index in [9.17, 15) is 27.9 Å². The first kappa shape index (κ1) is 28.1. The van der Waals surface area contributed by atoms with Gasteiger partial charge in [-0.1, -0.05) is 48.9 Å². The predicted octanol–water partition coefficient (Wildman–Crippen LogP) is 7.27. The topological polar surface area (TPSA) is 75.6 Å². The highest BCUT2D eigenvalue weighted by molar-refractivity contribution is 6.31. The van der Waals surface area contributed by atoms with Crippen molar-refractivity contribution in [3.63, 3.8) is 0 Å². The van der Waals surface area contributed by atoms with E-state index >= 15 is 0 Å². The molecule has 0 saturated heterocycles. The first-order valence-electron chi connectivity index (χ1n) is 11.7. The van der Waals surface area contributed by atoms with Gasteiger partial charge in [0.05, 0.1) is 11.1 Å². The molecule has 9 heteroatoms. The fraction of sp³-hybridized carbons (Fsp3) is 0.286. The third-order valence-electron chi connectivity index (χ3n) is 5.96. The molecule has 0 fully saturated rings. The number of nitrogens with one attached hydrogen (secondary N) is 1. The number of halogens is 4. The molecule has 2 N–H and O–H groups in total. The number of benzene rings is 3. The van der Waals surface area contributed by atoms with Crippen LogP contribution in [0.4, 0.5) is 13.2 Å². The quantitative estimate of drug-likeness (QED) is 0.254. The third-order valence-corrected chi connectivity index (χ3v) is 6.20. The van der Waals surface area contributed by atoms with E-state index in [2.05, 4.69) is 11.9 Å². The molecule has 0 aliphatic rings. The number of aliphatic carboxylic acids is 1. The van der Waals surface area contributed by atoms with Crippen LogP contribution in [0.5, 0.6) is 5.75 Å². The molecular formula is C28H27ClF3NO4. The molecule has 3 aromatic carbocycles. The van der Waals surface area contributed by atoms with Gasteiger partial charge in [0.1, 0.15) is 18.4 Å². The standard InChI is InChI=1S/C28H27ClF3NO4/c1-3-4-17(2)5-14-24(27(35)36)33-26(34)22-13-9-19-8-12-21(29)15-23(19)25(22)37-16-18-6-10-20(11-7-18)28(30,31)32/h3,6-13,15,17,24H,1,4-5,14,16H2,2H3,(H,33,34)(H,35,36)/t17?,24-/m0/s1. The Kier molecular flexibility index (Phi) is 9.21. The Bertz CT molecular complexity index is 1270. The molecular weight excluding hydrogens is 507 g/mol. The number of ether oxygens (including phenoxy) is 1. The number of carboxylic acid groups (broad SMARTS) is 1. The smallest absolute Gasteiger partial charge is 0.416 e. The van der Waals surface area contributed by atoms with Crippen molar-refractivity contribution in [1.29, 1.82) is 0 Å². The van der Waals surface area contributed by atoms with E-state index in [1.807, 2.05) is 6.92 Å². The van der Waals surface area contributed by atoms with Crippen LogP contribution in [-0.2, 0) is 17.6 Å². The largest absolute Gasteiger partial charge is 0.487 e. The van der Waals surface area contributed by atoms with Crippen LogP contribution in [-0.4, -0.2) is 23.0 Å². The summed E-state index contributed by atoms with van der Waals surface area (Å²) in [5.74, 6) is -1.44. The molecule has 3 rings (SSSR count). The monoisotopic (exact) mass is 533 g/mol. The fourth-order valence-electron chi connectivity index (χ4n) is 3.89. The van der Waals surface area contributed by atoms with Crippen molar-refractivity contribution in [2.45, 2.75) is 45.0 Å². The van der Waals surface area contributed by atoms with Crippen molar-refractivity contribution in [2.24, 2.45) is 5.92 Å². The Labute approximate surface area is 217 Å². The van der Waals surface area contributed by atoms with Crippen LogP contribution in [0.2, 0.25) is 5.02 Å². The van der Waals surface area contributed by atoms with Gasteiger partial charge >= 0.3 is 12.1 Å². The molecule has 0 heterocycles. The zero-order valence-corrected chi connectivity index (χ0v) is 20.9. The Morgan fingerprint density at radius 1 is 1.11 bits per heavy atom. The van der Waals surface area contributed by atoms with Crippen molar-refractivity contribution in [3.8, 4) is 5.75 Å². The number of carboxylic acids is 1. The SMILES string of the molecule is C=CCC(C)CC[C@H](NC(=O)c1ccc2ccc(Cl)cc2c1OCc1ccc(C(F)(F)F)cc1)C(=O)O. The number of allylic oxidation sites excluding steroid dienone is 1. The predicted molar refractivity (Wildman–Crippen MR) is 137 cm³/mol. The van der Waals surface area contributed by atoms with Gasteiger partial charge in [0.15, 0.2) is 0 Å². The molecule has 0 aromatic heterocycles. The highest BCUT2D eigenvalue weighted by Crippen LogP contribution is 2.34.